The van der Waals surface area contributed by atoms with E-state index in [1.54, 1.807) is 18.3 Å². The van der Waals surface area contributed by atoms with Gasteiger partial charge in [-0.15, -0.1) is 0 Å². The van der Waals surface area contributed by atoms with E-state index < -0.39 is 60.7 Å². The lowest BCUT2D eigenvalue weighted by Gasteiger charge is -2.24. The minimum absolute atomic E-state index is 0.0184. The summed E-state index contributed by atoms with van der Waals surface area (Å²) in [4.78, 5) is 34.1. The van der Waals surface area contributed by atoms with Gasteiger partial charge in [-0.25, -0.2) is 13.8 Å². The van der Waals surface area contributed by atoms with E-state index in [-0.39, 0.29) is 34.2 Å². The fraction of sp³-hybridized carbons (Fsp3) is 0.290. The standard InChI is InChI=1S/C31H25F5N4O4/c32-14-30(29(37)42)15-43-27-21(30)12-23(40-26(27)16-3-5-19(33)6-4-16)22(31(34,35)36)13-39-28(41)18-10-17-2-1-9-38-25(17)24(11-18)44-20-7-8-20/h1-6,9-12,20,22H,7-8,13-15H2,(H2,37,42)(H,39,41)/t22-,30+/m1/s1. The first-order valence-electron chi connectivity index (χ1n) is 13.7. The molecule has 0 saturated heterocycles. The summed E-state index contributed by atoms with van der Waals surface area (Å²) >= 11 is 0. The van der Waals surface area contributed by atoms with Gasteiger partial charge >= 0.3 is 6.18 Å². The molecule has 44 heavy (non-hydrogen) atoms. The van der Waals surface area contributed by atoms with E-state index >= 15 is 0 Å². The van der Waals surface area contributed by atoms with Crippen LogP contribution in [-0.4, -0.2) is 53.9 Å². The third kappa shape index (κ3) is 5.38. The SMILES string of the molecule is NC(=O)[C@@]1(CF)COc2c1cc([C@@H](CNC(=O)c1cc(OC3CC3)c3ncccc3c1)C(F)(F)F)nc2-c1ccc(F)cc1. The van der Waals surface area contributed by atoms with Crippen molar-refractivity contribution < 1.29 is 41.0 Å². The van der Waals surface area contributed by atoms with E-state index in [1.807, 2.05) is 0 Å². The number of hydrogen-bond donors (Lipinski definition) is 2. The van der Waals surface area contributed by atoms with Gasteiger partial charge in [0.05, 0.1) is 11.8 Å². The number of amides is 2. The van der Waals surface area contributed by atoms with Crippen LogP contribution in [0.25, 0.3) is 22.2 Å². The Hall–Kier alpha value is -4.81. The van der Waals surface area contributed by atoms with Crippen molar-refractivity contribution in [2.45, 2.75) is 36.5 Å². The summed E-state index contributed by atoms with van der Waals surface area (Å²) in [7, 11) is 0. The van der Waals surface area contributed by atoms with Crippen LogP contribution in [0.5, 0.6) is 11.5 Å². The van der Waals surface area contributed by atoms with Crippen LogP contribution in [0, 0.1) is 5.82 Å². The number of primary amides is 1. The number of carbonyl (C=O) groups is 2. The summed E-state index contributed by atoms with van der Waals surface area (Å²) in [5.74, 6) is -4.71. The minimum Gasteiger partial charge on any atom is -0.489 e. The van der Waals surface area contributed by atoms with Gasteiger partial charge < -0.3 is 20.5 Å². The number of ether oxygens (including phenoxy) is 2. The van der Waals surface area contributed by atoms with E-state index in [4.69, 9.17) is 15.2 Å². The molecule has 0 unspecified atom stereocenters. The van der Waals surface area contributed by atoms with Gasteiger partial charge in [0.15, 0.2) is 0 Å². The summed E-state index contributed by atoms with van der Waals surface area (Å²) in [6.45, 7) is -2.83. The fourth-order valence-electron chi connectivity index (χ4n) is 5.12. The average molecular weight is 613 g/mol. The Kier molecular flexibility index (Phi) is 7.34. The maximum Gasteiger partial charge on any atom is 0.398 e. The fourth-order valence-corrected chi connectivity index (χ4v) is 5.12. The van der Waals surface area contributed by atoms with Crippen molar-refractivity contribution >= 4 is 22.7 Å². The zero-order valence-corrected chi connectivity index (χ0v) is 23.0. The third-order valence-corrected chi connectivity index (χ3v) is 7.76. The topological polar surface area (TPSA) is 116 Å². The smallest absolute Gasteiger partial charge is 0.398 e. The minimum atomic E-state index is -4.94. The maximum atomic E-state index is 14.6. The number of nitrogens with two attached hydrogens (primary N) is 1. The molecule has 3 N–H and O–H groups in total. The van der Waals surface area contributed by atoms with Crippen molar-refractivity contribution in [3.63, 3.8) is 0 Å². The van der Waals surface area contributed by atoms with Crippen LogP contribution in [-0.2, 0) is 10.2 Å². The number of hydrogen-bond acceptors (Lipinski definition) is 6. The number of pyridine rings is 2. The first kappa shape index (κ1) is 29.3. The molecule has 228 valence electrons. The predicted molar refractivity (Wildman–Crippen MR) is 148 cm³/mol. The highest BCUT2D eigenvalue weighted by molar-refractivity contribution is 6.00. The van der Waals surface area contributed by atoms with Gasteiger partial charge in [0, 0.05) is 34.8 Å². The number of benzene rings is 2. The van der Waals surface area contributed by atoms with Gasteiger partial charge in [0.2, 0.25) is 5.91 Å². The largest absolute Gasteiger partial charge is 0.489 e. The molecule has 2 atom stereocenters. The summed E-state index contributed by atoms with van der Waals surface area (Å²) in [5, 5.41) is 2.91. The van der Waals surface area contributed by atoms with Gasteiger partial charge in [0.25, 0.3) is 5.91 Å². The predicted octanol–water partition coefficient (Wildman–Crippen LogP) is 5.14. The molecule has 2 aliphatic rings. The van der Waals surface area contributed by atoms with Crippen molar-refractivity contribution in [2.24, 2.45) is 5.73 Å². The molecule has 2 aromatic heterocycles. The second-order valence-electron chi connectivity index (χ2n) is 10.8. The molecule has 6 rings (SSSR count). The van der Waals surface area contributed by atoms with Crippen molar-refractivity contribution in [3.8, 4) is 22.8 Å². The van der Waals surface area contributed by atoms with E-state index in [0.717, 1.165) is 31.0 Å². The zero-order valence-electron chi connectivity index (χ0n) is 23.0. The van der Waals surface area contributed by atoms with Gasteiger partial charge in [-0.05, 0) is 61.4 Å². The molecule has 13 heteroatoms. The van der Waals surface area contributed by atoms with Crippen molar-refractivity contribution in [1.82, 2.24) is 15.3 Å². The van der Waals surface area contributed by atoms with Crippen LogP contribution in [0.2, 0.25) is 0 Å². The average Bonchev–Trinajstić information content (AvgIpc) is 3.73. The number of rotatable bonds is 9. The molecule has 1 fully saturated rings. The zero-order chi connectivity index (χ0) is 31.2. The molecule has 0 spiro atoms. The van der Waals surface area contributed by atoms with E-state index in [9.17, 15) is 31.5 Å². The Morgan fingerprint density at radius 1 is 1.14 bits per heavy atom. The van der Waals surface area contributed by atoms with Crippen molar-refractivity contribution in [1.29, 1.82) is 0 Å². The molecule has 8 nitrogen and oxygen atoms in total. The van der Waals surface area contributed by atoms with Crippen LogP contribution >= 0.6 is 0 Å². The highest BCUT2D eigenvalue weighted by Crippen LogP contribution is 2.47. The number of aromatic nitrogens is 2. The number of alkyl halides is 4. The highest BCUT2D eigenvalue weighted by Gasteiger charge is 2.50. The normalized spacial score (nSPS) is 18.4. The summed E-state index contributed by atoms with van der Waals surface area (Å²) in [6.07, 6.45) is -1.70. The molecule has 2 aromatic carbocycles. The van der Waals surface area contributed by atoms with Crippen LogP contribution < -0.4 is 20.5 Å². The summed E-state index contributed by atoms with van der Waals surface area (Å²) < 4.78 is 83.2. The lowest BCUT2D eigenvalue weighted by atomic mass is 9.81. The van der Waals surface area contributed by atoms with Crippen LogP contribution in [0.15, 0.2) is 60.8 Å². The number of fused-ring (bicyclic) bond motifs is 2. The Bertz CT molecular complexity index is 1760. The molecule has 2 amide bonds. The molecule has 0 bridgehead atoms. The second-order valence-corrected chi connectivity index (χ2v) is 10.8. The quantitative estimate of drug-likeness (QED) is 0.253. The highest BCUT2D eigenvalue weighted by atomic mass is 19.4. The second kappa shape index (κ2) is 11.0. The van der Waals surface area contributed by atoms with Crippen molar-refractivity contribution in [2.75, 3.05) is 19.8 Å². The Morgan fingerprint density at radius 3 is 2.55 bits per heavy atom. The Balaban J connectivity index is 1.38. The first-order valence-corrected chi connectivity index (χ1v) is 13.7. The van der Waals surface area contributed by atoms with E-state index in [1.165, 1.54) is 24.3 Å². The van der Waals surface area contributed by atoms with Gasteiger partial charge in [-0.1, -0.05) is 6.07 Å². The van der Waals surface area contributed by atoms with Gasteiger partial charge in [-0.2, -0.15) is 13.2 Å². The Labute approximate surface area is 247 Å². The Morgan fingerprint density at radius 2 is 1.89 bits per heavy atom. The molecule has 1 saturated carbocycles. The molecule has 1 aliphatic carbocycles. The number of halogens is 5. The first-order chi connectivity index (χ1) is 21.0. The molecular formula is C31H25F5N4O4. The van der Waals surface area contributed by atoms with Gasteiger partial charge in [-0.3, -0.25) is 14.6 Å². The number of carbonyl (C=O) groups excluding carboxylic acids is 2. The molecule has 3 heterocycles. The third-order valence-electron chi connectivity index (χ3n) is 7.76. The summed E-state index contributed by atoms with van der Waals surface area (Å²) in [6, 6.07) is 11.9. The molecule has 1 aliphatic heterocycles. The van der Waals surface area contributed by atoms with E-state index in [0.29, 0.717) is 16.7 Å². The number of nitrogens with one attached hydrogen (secondary N) is 1. The van der Waals surface area contributed by atoms with Gasteiger partial charge in [0.1, 0.15) is 53.1 Å². The summed E-state index contributed by atoms with van der Waals surface area (Å²) in [5.41, 5.74) is 3.23. The lowest BCUT2D eigenvalue weighted by Crippen LogP contribution is -2.44. The van der Waals surface area contributed by atoms with Crippen LogP contribution in [0.3, 0.4) is 0 Å². The van der Waals surface area contributed by atoms with Crippen LogP contribution in [0.4, 0.5) is 22.0 Å². The lowest BCUT2D eigenvalue weighted by molar-refractivity contribution is -0.149. The van der Waals surface area contributed by atoms with Crippen molar-refractivity contribution in [3.05, 3.63) is 83.4 Å². The number of nitrogens with zero attached hydrogens (tertiary/aromatic N) is 2. The van der Waals surface area contributed by atoms with E-state index in [2.05, 4.69) is 15.3 Å². The molecular weight excluding hydrogens is 587 g/mol. The molecule has 4 aromatic rings. The maximum absolute atomic E-state index is 14.6. The monoisotopic (exact) mass is 612 g/mol. The molecule has 0 radical (unpaired) electrons. The van der Waals surface area contributed by atoms with Crippen LogP contribution in [0.1, 0.15) is 40.4 Å².